The molecule has 2 aromatic carbocycles. The number of carbonyl (C=O) groups is 1. The molecule has 0 aromatic heterocycles. The molecule has 4 heteroatoms. The summed E-state index contributed by atoms with van der Waals surface area (Å²) in [5.74, 6) is 1.57. The maximum absolute atomic E-state index is 12.8. The van der Waals surface area contributed by atoms with Gasteiger partial charge in [-0.15, -0.1) is 0 Å². The molecule has 0 spiro atoms. The minimum atomic E-state index is -0.111. The van der Waals surface area contributed by atoms with Crippen LogP contribution in [0.2, 0.25) is 0 Å². The summed E-state index contributed by atoms with van der Waals surface area (Å²) in [7, 11) is 3.19. The first-order valence-electron chi connectivity index (χ1n) is 8.16. The van der Waals surface area contributed by atoms with Crippen LogP contribution in [0.15, 0.2) is 36.4 Å². The highest BCUT2D eigenvalue weighted by Crippen LogP contribution is 2.36. The zero-order valence-corrected chi connectivity index (χ0v) is 14.6. The molecule has 1 amide bonds. The van der Waals surface area contributed by atoms with Crippen LogP contribution >= 0.6 is 0 Å². The molecule has 1 N–H and O–H groups in total. The number of methoxy groups -OCH3 is 2. The fourth-order valence-corrected chi connectivity index (χ4v) is 3.46. The topological polar surface area (TPSA) is 47.6 Å². The van der Waals surface area contributed by atoms with Crippen LogP contribution in [0.3, 0.4) is 0 Å². The normalized spacial score (nSPS) is 18.8. The first kappa shape index (κ1) is 16.4. The summed E-state index contributed by atoms with van der Waals surface area (Å²) in [5, 5.41) is 3.17. The van der Waals surface area contributed by atoms with E-state index in [0.717, 1.165) is 12.0 Å². The number of hydrogen-bond donors (Lipinski definition) is 1. The molecule has 0 fully saturated rings. The Morgan fingerprint density at radius 2 is 1.75 bits per heavy atom. The molecule has 1 aliphatic carbocycles. The van der Waals surface area contributed by atoms with Gasteiger partial charge in [0, 0.05) is 11.1 Å². The molecule has 1 aliphatic rings. The Bertz CT molecular complexity index is 744. The van der Waals surface area contributed by atoms with Crippen molar-refractivity contribution < 1.29 is 14.3 Å². The molecular weight excluding hydrogens is 302 g/mol. The summed E-state index contributed by atoms with van der Waals surface area (Å²) in [6.07, 6.45) is 0.988. The number of fused-ring (bicyclic) bond motifs is 1. The monoisotopic (exact) mass is 325 g/mol. The van der Waals surface area contributed by atoms with Crippen molar-refractivity contribution in [3.63, 3.8) is 0 Å². The van der Waals surface area contributed by atoms with Gasteiger partial charge in [0.25, 0.3) is 5.91 Å². The molecule has 4 nitrogen and oxygen atoms in total. The first-order chi connectivity index (χ1) is 11.5. The highest BCUT2D eigenvalue weighted by atomic mass is 16.5. The van der Waals surface area contributed by atoms with E-state index in [1.807, 2.05) is 19.1 Å². The Morgan fingerprint density at radius 1 is 1.12 bits per heavy atom. The Kier molecular flexibility index (Phi) is 4.47. The second-order valence-electron chi connectivity index (χ2n) is 6.34. The van der Waals surface area contributed by atoms with Crippen molar-refractivity contribution >= 4 is 5.91 Å². The number of nitrogens with one attached hydrogen (secondary N) is 1. The Morgan fingerprint density at radius 3 is 2.38 bits per heavy atom. The van der Waals surface area contributed by atoms with Crippen LogP contribution in [-0.2, 0) is 6.42 Å². The van der Waals surface area contributed by atoms with Crippen molar-refractivity contribution in [2.24, 2.45) is 5.92 Å². The zero-order chi connectivity index (χ0) is 17.3. The number of rotatable bonds is 4. The third-order valence-electron chi connectivity index (χ3n) is 4.80. The molecule has 0 bridgehead atoms. The molecule has 0 saturated carbocycles. The quantitative estimate of drug-likeness (QED) is 0.933. The number of ether oxygens (including phenoxy) is 2. The van der Waals surface area contributed by atoms with Gasteiger partial charge >= 0.3 is 0 Å². The van der Waals surface area contributed by atoms with E-state index in [1.54, 1.807) is 26.4 Å². The summed E-state index contributed by atoms with van der Waals surface area (Å²) in [6.45, 7) is 4.08. The Hall–Kier alpha value is -2.49. The van der Waals surface area contributed by atoms with Crippen molar-refractivity contribution in [3.05, 3.63) is 58.7 Å². The van der Waals surface area contributed by atoms with Crippen LogP contribution in [0.25, 0.3) is 0 Å². The van der Waals surface area contributed by atoms with Crippen molar-refractivity contribution in [3.8, 4) is 11.5 Å². The second kappa shape index (κ2) is 6.56. The van der Waals surface area contributed by atoms with Crippen molar-refractivity contribution in [1.29, 1.82) is 0 Å². The molecule has 0 radical (unpaired) electrons. The van der Waals surface area contributed by atoms with Crippen LogP contribution in [0.4, 0.5) is 0 Å². The predicted molar refractivity (Wildman–Crippen MR) is 93.8 cm³/mol. The van der Waals surface area contributed by atoms with E-state index in [0.29, 0.717) is 23.0 Å². The lowest BCUT2D eigenvalue weighted by Crippen LogP contribution is -2.30. The summed E-state index contributed by atoms with van der Waals surface area (Å²) in [6, 6.07) is 11.9. The van der Waals surface area contributed by atoms with Gasteiger partial charge < -0.3 is 14.8 Å². The van der Waals surface area contributed by atoms with E-state index in [-0.39, 0.29) is 11.9 Å². The van der Waals surface area contributed by atoms with E-state index >= 15 is 0 Å². The lowest BCUT2D eigenvalue weighted by atomic mass is 10.0. The second-order valence-corrected chi connectivity index (χ2v) is 6.34. The van der Waals surface area contributed by atoms with Gasteiger partial charge in [0.15, 0.2) is 0 Å². The SMILES string of the molecule is COc1cc(C(=O)NC2c3ccccc3CC2C)cc(OC)c1C. The van der Waals surface area contributed by atoms with Gasteiger partial charge in [0.2, 0.25) is 0 Å². The highest BCUT2D eigenvalue weighted by molar-refractivity contribution is 5.95. The number of benzene rings is 2. The largest absolute Gasteiger partial charge is 0.496 e. The fourth-order valence-electron chi connectivity index (χ4n) is 3.46. The summed E-state index contributed by atoms with van der Waals surface area (Å²) >= 11 is 0. The maximum atomic E-state index is 12.8. The molecule has 0 saturated heterocycles. The number of amides is 1. The summed E-state index contributed by atoms with van der Waals surface area (Å²) < 4.78 is 10.7. The maximum Gasteiger partial charge on any atom is 0.252 e. The average molecular weight is 325 g/mol. The van der Waals surface area contributed by atoms with Crippen LogP contribution in [0.1, 0.15) is 40.0 Å². The van der Waals surface area contributed by atoms with E-state index < -0.39 is 0 Å². The molecule has 0 aliphatic heterocycles. The van der Waals surface area contributed by atoms with Gasteiger partial charge in [-0.1, -0.05) is 31.2 Å². The minimum absolute atomic E-state index is 0.0343. The first-order valence-corrected chi connectivity index (χ1v) is 8.16. The van der Waals surface area contributed by atoms with Gasteiger partial charge in [-0.05, 0) is 42.5 Å². The van der Waals surface area contributed by atoms with Gasteiger partial charge in [-0.3, -0.25) is 4.79 Å². The third-order valence-corrected chi connectivity index (χ3v) is 4.80. The van der Waals surface area contributed by atoms with Gasteiger partial charge in [0.05, 0.1) is 20.3 Å². The Labute approximate surface area is 142 Å². The van der Waals surface area contributed by atoms with E-state index in [1.165, 1.54) is 11.1 Å². The minimum Gasteiger partial charge on any atom is -0.496 e. The van der Waals surface area contributed by atoms with Crippen molar-refractivity contribution in [1.82, 2.24) is 5.32 Å². The Balaban J connectivity index is 1.88. The average Bonchev–Trinajstić information content (AvgIpc) is 2.90. The predicted octanol–water partition coefficient (Wildman–Crippen LogP) is 3.68. The van der Waals surface area contributed by atoms with E-state index in [9.17, 15) is 4.79 Å². The van der Waals surface area contributed by atoms with Crippen LogP contribution in [0.5, 0.6) is 11.5 Å². The highest BCUT2D eigenvalue weighted by Gasteiger charge is 2.30. The van der Waals surface area contributed by atoms with Crippen LogP contribution in [-0.4, -0.2) is 20.1 Å². The van der Waals surface area contributed by atoms with Crippen LogP contribution in [0, 0.1) is 12.8 Å². The van der Waals surface area contributed by atoms with Gasteiger partial charge in [-0.25, -0.2) is 0 Å². The molecule has 24 heavy (non-hydrogen) atoms. The van der Waals surface area contributed by atoms with Crippen molar-refractivity contribution in [2.75, 3.05) is 14.2 Å². The molecule has 2 aromatic rings. The molecule has 0 heterocycles. The summed E-state index contributed by atoms with van der Waals surface area (Å²) in [5.41, 5.74) is 3.96. The lowest BCUT2D eigenvalue weighted by Gasteiger charge is -2.20. The fraction of sp³-hybridized carbons (Fsp3) is 0.350. The molecule has 2 atom stereocenters. The lowest BCUT2D eigenvalue weighted by molar-refractivity contribution is 0.0926. The van der Waals surface area contributed by atoms with Gasteiger partial charge in [-0.2, -0.15) is 0 Å². The zero-order valence-electron chi connectivity index (χ0n) is 14.6. The van der Waals surface area contributed by atoms with Crippen molar-refractivity contribution in [2.45, 2.75) is 26.3 Å². The standard InChI is InChI=1S/C20H23NO3/c1-12-9-14-7-5-6-8-16(14)19(12)21-20(22)15-10-17(23-3)13(2)18(11-15)24-4/h5-8,10-12,19H,9H2,1-4H3,(H,21,22). The molecular formula is C20H23NO3. The molecule has 3 rings (SSSR count). The molecule has 2 unspecified atom stereocenters. The smallest absolute Gasteiger partial charge is 0.252 e. The van der Waals surface area contributed by atoms with E-state index in [2.05, 4.69) is 24.4 Å². The number of carbonyl (C=O) groups excluding carboxylic acids is 1. The molecule has 126 valence electrons. The third kappa shape index (κ3) is 2.84. The summed E-state index contributed by atoms with van der Waals surface area (Å²) in [4.78, 5) is 12.8. The van der Waals surface area contributed by atoms with E-state index in [4.69, 9.17) is 9.47 Å². The van der Waals surface area contributed by atoms with Gasteiger partial charge in [0.1, 0.15) is 11.5 Å². The van der Waals surface area contributed by atoms with Crippen LogP contribution < -0.4 is 14.8 Å². The number of hydrogen-bond acceptors (Lipinski definition) is 3.